The highest BCUT2D eigenvalue weighted by Gasteiger charge is 2.20. The number of phenolic OH excluding ortho intramolecular Hbond substituents is 2. The van der Waals surface area contributed by atoms with Gasteiger partial charge in [-0.05, 0) is 42.5 Å². The highest BCUT2D eigenvalue weighted by Crippen LogP contribution is 2.25. The van der Waals surface area contributed by atoms with E-state index in [-0.39, 0.29) is 17.3 Å². The molecule has 2 aromatic rings. The monoisotopic (exact) mass is 346 g/mol. The first-order valence-electron chi connectivity index (χ1n) is 7.81. The van der Waals surface area contributed by atoms with Crippen molar-refractivity contribution in [3.63, 3.8) is 0 Å². The second-order valence-electron chi connectivity index (χ2n) is 5.87. The van der Waals surface area contributed by atoms with E-state index in [1.165, 1.54) is 18.2 Å². The molecule has 1 saturated heterocycles. The van der Waals surface area contributed by atoms with Crippen molar-refractivity contribution in [3.8, 4) is 11.5 Å². The normalized spacial score (nSPS) is 15.5. The van der Waals surface area contributed by atoms with Gasteiger partial charge >= 0.3 is 0 Å². The lowest BCUT2D eigenvalue weighted by molar-refractivity contribution is 0.0926. The number of carbonyl (C=O) groups excluding carboxylic acids is 1. The molecule has 5 nitrogen and oxygen atoms in total. The van der Waals surface area contributed by atoms with E-state index in [1.54, 1.807) is 0 Å². The third-order valence-corrected chi connectivity index (χ3v) is 4.48. The third kappa shape index (κ3) is 3.80. The lowest BCUT2D eigenvalue weighted by Crippen LogP contribution is -2.48. The van der Waals surface area contributed by atoms with Crippen molar-refractivity contribution < 1.29 is 15.0 Å². The molecule has 3 rings (SSSR count). The number of aromatic hydroxyl groups is 2. The summed E-state index contributed by atoms with van der Waals surface area (Å²) < 4.78 is 0. The molecule has 2 N–H and O–H groups in total. The average molecular weight is 347 g/mol. The van der Waals surface area contributed by atoms with Gasteiger partial charge in [0.2, 0.25) is 0 Å². The Morgan fingerprint density at radius 2 is 1.62 bits per heavy atom. The van der Waals surface area contributed by atoms with E-state index in [9.17, 15) is 15.0 Å². The second-order valence-corrected chi connectivity index (χ2v) is 6.30. The highest BCUT2D eigenvalue weighted by molar-refractivity contribution is 6.30. The number of piperazine rings is 1. The number of anilines is 1. The first kappa shape index (κ1) is 16.6. The molecular formula is C18H19ClN2O3. The zero-order valence-corrected chi connectivity index (χ0v) is 13.9. The van der Waals surface area contributed by atoms with Crippen LogP contribution >= 0.6 is 11.6 Å². The molecule has 0 spiro atoms. The molecule has 0 bridgehead atoms. The van der Waals surface area contributed by atoms with Gasteiger partial charge in [0.25, 0.3) is 0 Å². The molecular weight excluding hydrogens is 328 g/mol. The van der Waals surface area contributed by atoms with Crippen LogP contribution in [0.25, 0.3) is 0 Å². The third-order valence-electron chi connectivity index (χ3n) is 4.23. The van der Waals surface area contributed by atoms with Crippen LogP contribution in [0.4, 0.5) is 5.69 Å². The van der Waals surface area contributed by atoms with Crippen LogP contribution in [0.2, 0.25) is 5.02 Å². The lowest BCUT2D eigenvalue weighted by Gasteiger charge is -2.35. The summed E-state index contributed by atoms with van der Waals surface area (Å²) in [6, 6.07) is 11.9. The predicted molar refractivity (Wildman–Crippen MR) is 94.2 cm³/mol. The fourth-order valence-electron chi connectivity index (χ4n) is 2.81. The van der Waals surface area contributed by atoms with Crippen LogP contribution in [-0.2, 0) is 0 Å². The van der Waals surface area contributed by atoms with Crippen molar-refractivity contribution in [2.75, 3.05) is 37.6 Å². The van der Waals surface area contributed by atoms with Gasteiger partial charge in [0.1, 0.15) is 0 Å². The Hall–Kier alpha value is -2.24. The van der Waals surface area contributed by atoms with Gasteiger partial charge in [0, 0.05) is 42.5 Å². The number of hydrogen-bond acceptors (Lipinski definition) is 5. The largest absolute Gasteiger partial charge is 0.504 e. The van der Waals surface area contributed by atoms with Crippen LogP contribution in [0.1, 0.15) is 10.4 Å². The van der Waals surface area contributed by atoms with Crippen LogP contribution in [0.15, 0.2) is 42.5 Å². The van der Waals surface area contributed by atoms with Crippen LogP contribution in [-0.4, -0.2) is 53.6 Å². The Morgan fingerprint density at radius 3 is 2.25 bits per heavy atom. The average Bonchev–Trinajstić information content (AvgIpc) is 2.59. The number of Topliss-reactive ketones (excluding diaryl/α,β-unsaturated/α-hetero) is 1. The first-order valence-corrected chi connectivity index (χ1v) is 8.19. The fraction of sp³-hybridized carbons (Fsp3) is 0.278. The van der Waals surface area contributed by atoms with Gasteiger partial charge in [0.15, 0.2) is 17.3 Å². The molecule has 1 fully saturated rings. The van der Waals surface area contributed by atoms with E-state index in [1.807, 2.05) is 24.3 Å². The molecule has 0 aromatic heterocycles. The summed E-state index contributed by atoms with van der Waals surface area (Å²) in [4.78, 5) is 16.7. The quantitative estimate of drug-likeness (QED) is 0.658. The van der Waals surface area contributed by atoms with Gasteiger partial charge in [-0.3, -0.25) is 9.69 Å². The molecule has 6 heteroatoms. The van der Waals surface area contributed by atoms with Crippen molar-refractivity contribution >= 4 is 23.1 Å². The lowest BCUT2D eigenvalue weighted by atomic mass is 10.1. The van der Waals surface area contributed by atoms with Crippen molar-refractivity contribution in [1.82, 2.24) is 4.90 Å². The number of carbonyl (C=O) groups is 1. The zero-order chi connectivity index (χ0) is 17.1. The summed E-state index contributed by atoms with van der Waals surface area (Å²) in [6.45, 7) is 3.57. The van der Waals surface area contributed by atoms with Crippen molar-refractivity contribution in [2.24, 2.45) is 0 Å². The standard InChI is InChI=1S/C18H19ClN2O3/c19-14-2-4-15(5-3-14)21-9-7-20(8-10-21)12-18(24)13-1-6-16(22)17(23)11-13/h1-6,11,22-23H,7-10,12H2. The van der Waals surface area contributed by atoms with Gasteiger partial charge in [-0.25, -0.2) is 0 Å². The minimum atomic E-state index is -0.270. The molecule has 2 aromatic carbocycles. The molecule has 1 aliphatic heterocycles. The SMILES string of the molecule is O=C(CN1CCN(c2ccc(Cl)cc2)CC1)c1ccc(O)c(O)c1. The number of halogens is 1. The van der Waals surface area contributed by atoms with Gasteiger partial charge in [-0.1, -0.05) is 11.6 Å². The number of nitrogens with zero attached hydrogens (tertiary/aromatic N) is 2. The number of rotatable bonds is 4. The molecule has 0 unspecified atom stereocenters. The second kappa shape index (κ2) is 7.11. The molecule has 0 amide bonds. The molecule has 126 valence electrons. The number of benzene rings is 2. The molecule has 0 atom stereocenters. The molecule has 1 aliphatic rings. The van der Waals surface area contributed by atoms with Crippen molar-refractivity contribution in [2.45, 2.75) is 0 Å². The van der Waals surface area contributed by atoms with Gasteiger partial charge in [0.05, 0.1) is 6.54 Å². The van der Waals surface area contributed by atoms with Gasteiger partial charge in [-0.2, -0.15) is 0 Å². The van der Waals surface area contributed by atoms with E-state index in [4.69, 9.17) is 11.6 Å². The van der Waals surface area contributed by atoms with Crippen molar-refractivity contribution in [1.29, 1.82) is 0 Å². The summed E-state index contributed by atoms with van der Waals surface area (Å²) in [6.07, 6.45) is 0. The summed E-state index contributed by atoms with van der Waals surface area (Å²) >= 11 is 5.91. The highest BCUT2D eigenvalue weighted by atomic mass is 35.5. The maximum atomic E-state index is 12.3. The van der Waals surface area contributed by atoms with E-state index < -0.39 is 0 Å². The predicted octanol–water partition coefficient (Wildman–Crippen LogP) is 2.76. The molecule has 0 saturated carbocycles. The maximum absolute atomic E-state index is 12.3. The summed E-state index contributed by atoms with van der Waals surface area (Å²) in [7, 11) is 0. The Bertz CT molecular complexity index is 726. The number of hydrogen-bond donors (Lipinski definition) is 2. The summed E-state index contributed by atoms with van der Waals surface area (Å²) in [5.41, 5.74) is 1.54. The Balaban J connectivity index is 1.56. The Kier molecular flexibility index (Phi) is 4.92. The molecule has 0 aliphatic carbocycles. The Labute approximate surface area is 145 Å². The van der Waals surface area contributed by atoms with E-state index in [0.29, 0.717) is 12.1 Å². The molecule has 24 heavy (non-hydrogen) atoms. The number of phenols is 2. The summed E-state index contributed by atoms with van der Waals surface area (Å²) in [5, 5.41) is 19.5. The van der Waals surface area contributed by atoms with Crippen LogP contribution in [0.5, 0.6) is 11.5 Å². The van der Waals surface area contributed by atoms with Gasteiger partial charge < -0.3 is 15.1 Å². The van der Waals surface area contributed by atoms with E-state index in [2.05, 4.69) is 9.80 Å². The topological polar surface area (TPSA) is 64.0 Å². The smallest absolute Gasteiger partial charge is 0.176 e. The van der Waals surface area contributed by atoms with Crippen LogP contribution in [0, 0.1) is 0 Å². The first-order chi connectivity index (χ1) is 11.5. The minimum absolute atomic E-state index is 0.0646. The fourth-order valence-corrected chi connectivity index (χ4v) is 2.93. The van der Waals surface area contributed by atoms with Crippen LogP contribution in [0.3, 0.4) is 0 Å². The molecule has 1 heterocycles. The maximum Gasteiger partial charge on any atom is 0.176 e. The summed E-state index contributed by atoms with van der Waals surface area (Å²) in [5.74, 6) is -0.554. The van der Waals surface area contributed by atoms with Crippen molar-refractivity contribution in [3.05, 3.63) is 53.1 Å². The van der Waals surface area contributed by atoms with E-state index in [0.717, 1.165) is 36.9 Å². The Morgan fingerprint density at radius 1 is 0.958 bits per heavy atom. The van der Waals surface area contributed by atoms with E-state index >= 15 is 0 Å². The van der Waals surface area contributed by atoms with Gasteiger partial charge in [-0.15, -0.1) is 0 Å². The molecule has 0 radical (unpaired) electrons. The minimum Gasteiger partial charge on any atom is -0.504 e. The number of ketones is 1. The zero-order valence-electron chi connectivity index (χ0n) is 13.2. The van der Waals surface area contributed by atoms with Crippen LogP contribution < -0.4 is 4.90 Å².